The summed E-state index contributed by atoms with van der Waals surface area (Å²) in [6.07, 6.45) is 4.15. The van der Waals surface area contributed by atoms with Gasteiger partial charge in [0.05, 0.1) is 0 Å². The first-order valence-corrected chi connectivity index (χ1v) is 8.17. The molecule has 0 heterocycles. The third-order valence-corrected chi connectivity index (χ3v) is 4.36. The fourth-order valence-electron chi connectivity index (χ4n) is 3.17. The first-order valence-electron chi connectivity index (χ1n) is 8.17. The zero-order chi connectivity index (χ0) is 15.4. The molecule has 0 saturated heterocycles. The Morgan fingerprint density at radius 3 is 1.50 bits per heavy atom. The van der Waals surface area contributed by atoms with Crippen LogP contribution in [-0.4, -0.2) is 13.1 Å². The minimum absolute atomic E-state index is 0.740. The highest BCUT2D eigenvalue weighted by molar-refractivity contribution is 6.01. The van der Waals surface area contributed by atoms with Crippen LogP contribution in [0.2, 0.25) is 0 Å². The van der Waals surface area contributed by atoms with Crippen molar-refractivity contribution in [3.8, 4) is 0 Å². The first-order chi connectivity index (χ1) is 10.8. The summed E-state index contributed by atoms with van der Waals surface area (Å²) in [5.41, 5.74) is 14.2. The van der Waals surface area contributed by atoms with Crippen molar-refractivity contribution in [2.75, 3.05) is 13.1 Å². The summed E-state index contributed by atoms with van der Waals surface area (Å²) in [4.78, 5) is 0. The fourth-order valence-corrected chi connectivity index (χ4v) is 3.17. The molecule has 0 saturated carbocycles. The number of nitrogens with two attached hydrogens (primary N) is 2. The van der Waals surface area contributed by atoms with Gasteiger partial charge in [-0.3, -0.25) is 0 Å². The van der Waals surface area contributed by atoms with Crippen molar-refractivity contribution in [2.24, 2.45) is 11.5 Å². The van der Waals surface area contributed by atoms with Gasteiger partial charge in [-0.05, 0) is 83.6 Å². The Morgan fingerprint density at radius 2 is 1.09 bits per heavy atom. The van der Waals surface area contributed by atoms with Crippen molar-refractivity contribution in [2.45, 2.75) is 25.7 Å². The van der Waals surface area contributed by atoms with Crippen molar-refractivity contribution >= 4 is 21.5 Å². The lowest BCUT2D eigenvalue weighted by molar-refractivity contribution is 0.829. The van der Waals surface area contributed by atoms with E-state index in [-0.39, 0.29) is 0 Å². The van der Waals surface area contributed by atoms with Crippen LogP contribution < -0.4 is 11.5 Å². The van der Waals surface area contributed by atoms with Crippen LogP contribution in [0.1, 0.15) is 24.0 Å². The van der Waals surface area contributed by atoms with Crippen LogP contribution in [-0.2, 0) is 12.8 Å². The number of hydrogen-bond acceptors (Lipinski definition) is 2. The fraction of sp³-hybridized carbons (Fsp3) is 0.300. The van der Waals surface area contributed by atoms with Gasteiger partial charge in [-0.25, -0.2) is 0 Å². The van der Waals surface area contributed by atoms with E-state index in [4.69, 9.17) is 11.5 Å². The first kappa shape index (κ1) is 15.0. The van der Waals surface area contributed by atoms with Gasteiger partial charge in [0.15, 0.2) is 0 Å². The van der Waals surface area contributed by atoms with E-state index < -0.39 is 0 Å². The van der Waals surface area contributed by atoms with E-state index >= 15 is 0 Å². The van der Waals surface area contributed by atoms with E-state index in [9.17, 15) is 0 Å². The molecule has 22 heavy (non-hydrogen) atoms. The molecule has 0 fully saturated rings. The summed E-state index contributed by atoms with van der Waals surface area (Å²) in [6, 6.07) is 17.8. The quantitative estimate of drug-likeness (QED) is 0.679. The Balaban J connectivity index is 2.18. The molecule has 0 unspecified atom stereocenters. The van der Waals surface area contributed by atoms with Gasteiger partial charge in [-0.15, -0.1) is 0 Å². The topological polar surface area (TPSA) is 52.0 Å². The lowest BCUT2D eigenvalue weighted by Crippen LogP contribution is -2.03. The van der Waals surface area contributed by atoms with Crippen LogP contribution in [0.15, 0.2) is 48.5 Å². The smallest absolute Gasteiger partial charge is 0.00741 e. The largest absolute Gasteiger partial charge is 0.330 e. The summed E-state index contributed by atoms with van der Waals surface area (Å²) >= 11 is 0. The highest BCUT2D eigenvalue weighted by Crippen LogP contribution is 2.29. The average Bonchev–Trinajstić information content (AvgIpc) is 2.57. The van der Waals surface area contributed by atoms with Crippen molar-refractivity contribution in [3.63, 3.8) is 0 Å². The van der Waals surface area contributed by atoms with E-state index in [1.807, 2.05) is 0 Å². The molecule has 0 bridgehead atoms. The summed E-state index contributed by atoms with van der Waals surface area (Å²) in [5.74, 6) is 0. The zero-order valence-corrected chi connectivity index (χ0v) is 13.0. The number of hydrogen-bond donors (Lipinski definition) is 2. The van der Waals surface area contributed by atoms with Gasteiger partial charge < -0.3 is 11.5 Å². The maximum absolute atomic E-state index is 5.69. The van der Waals surface area contributed by atoms with E-state index in [0.717, 1.165) is 38.8 Å². The zero-order valence-electron chi connectivity index (χ0n) is 13.0. The molecule has 3 aromatic carbocycles. The minimum Gasteiger partial charge on any atom is -0.330 e. The lowest BCUT2D eigenvalue weighted by Gasteiger charge is -2.13. The number of fused-ring (bicyclic) bond motifs is 2. The Bertz CT molecular complexity index is 711. The molecule has 2 heteroatoms. The van der Waals surface area contributed by atoms with Crippen LogP contribution in [0, 0.1) is 0 Å². The van der Waals surface area contributed by atoms with Crippen molar-refractivity contribution in [1.29, 1.82) is 0 Å². The van der Waals surface area contributed by atoms with Gasteiger partial charge in [0.2, 0.25) is 0 Å². The molecule has 0 aromatic heterocycles. The minimum atomic E-state index is 0.740. The number of aryl methyl sites for hydroxylation is 2. The van der Waals surface area contributed by atoms with E-state index in [2.05, 4.69) is 48.5 Å². The predicted octanol–water partition coefficient (Wildman–Crippen LogP) is 3.78. The Kier molecular flexibility index (Phi) is 4.71. The molecule has 0 radical (unpaired) electrons. The molecule has 4 N–H and O–H groups in total. The molecule has 0 aliphatic heterocycles. The third-order valence-electron chi connectivity index (χ3n) is 4.36. The van der Waals surface area contributed by atoms with Gasteiger partial charge in [0.1, 0.15) is 0 Å². The second kappa shape index (κ2) is 6.91. The van der Waals surface area contributed by atoms with Gasteiger partial charge in [0, 0.05) is 0 Å². The summed E-state index contributed by atoms with van der Waals surface area (Å²) in [7, 11) is 0. The highest BCUT2D eigenvalue weighted by Gasteiger charge is 2.08. The Labute approximate surface area is 132 Å². The van der Waals surface area contributed by atoms with Gasteiger partial charge in [-0.1, -0.05) is 36.4 Å². The molecule has 3 rings (SSSR count). The van der Waals surface area contributed by atoms with E-state index in [1.54, 1.807) is 0 Å². The third kappa shape index (κ3) is 2.99. The highest BCUT2D eigenvalue weighted by atomic mass is 14.5. The van der Waals surface area contributed by atoms with Crippen LogP contribution in [0.4, 0.5) is 0 Å². The molecule has 2 nitrogen and oxygen atoms in total. The summed E-state index contributed by atoms with van der Waals surface area (Å²) < 4.78 is 0. The molecular formula is C20H24N2. The van der Waals surface area contributed by atoms with Crippen molar-refractivity contribution < 1.29 is 0 Å². The summed E-state index contributed by atoms with van der Waals surface area (Å²) in [5, 5.41) is 5.36. The SMILES string of the molecule is NCCCc1ccc(CCCN)c2cc3ccccc3cc12. The van der Waals surface area contributed by atoms with E-state index in [0.29, 0.717) is 0 Å². The van der Waals surface area contributed by atoms with Gasteiger partial charge >= 0.3 is 0 Å². The second-order valence-corrected chi connectivity index (χ2v) is 5.91. The Hall–Kier alpha value is -1.90. The van der Waals surface area contributed by atoms with Crippen LogP contribution in [0.3, 0.4) is 0 Å². The molecular weight excluding hydrogens is 268 g/mol. The molecule has 0 atom stereocenters. The van der Waals surface area contributed by atoms with Crippen LogP contribution in [0.25, 0.3) is 21.5 Å². The monoisotopic (exact) mass is 292 g/mol. The number of benzene rings is 3. The second-order valence-electron chi connectivity index (χ2n) is 5.91. The predicted molar refractivity (Wildman–Crippen MR) is 96.2 cm³/mol. The maximum atomic E-state index is 5.69. The van der Waals surface area contributed by atoms with Crippen LogP contribution >= 0.6 is 0 Å². The molecule has 3 aromatic rings. The maximum Gasteiger partial charge on any atom is -0.00741 e. The van der Waals surface area contributed by atoms with E-state index in [1.165, 1.54) is 32.7 Å². The average molecular weight is 292 g/mol. The molecule has 0 spiro atoms. The van der Waals surface area contributed by atoms with Gasteiger partial charge in [0.25, 0.3) is 0 Å². The molecule has 0 amide bonds. The Morgan fingerprint density at radius 1 is 0.636 bits per heavy atom. The lowest BCUT2D eigenvalue weighted by atomic mass is 9.92. The molecule has 114 valence electrons. The van der Waals surface area contributed by atoms with Crippen molar-refractivity contribution in [1.82, 2.24) is 0 Å². The van der Waals surface area contributed by atoms with Crippen molar-refractivity contribution in [3.05, 3.63) is 59.7 Å². The molecule has 0 aliphatic carbocycles. The van der Waals surface area contributed by atoms with Gasteiger partial charge in [-0.2, -0.15) is 0 Å². The standard InChI is InChI=1S/C20H24N2/c21-11-3-7-15-9-10-16(8-4-12-22)20-14-18-6-2-1-5-17(18)13-19(15)20/h1-2,5-6,9-10,13-14H,3-4,7-8,11-12,21-22H2. The normalized spacial score (nSPS) is 11.4. The number of rotatable bonds is 6. The van der Waals surface area contributed by atoms with Crippen LogP contribution in [0.5, 0.6) is 0 Å². The summed E-state index contributed by atoms with van der Waals surface area (Å²) in [6.45, 7) is 1.48. The molecule has 0 aliphatic rings.